The smallest absolute Gasteiger partial charge is 0.246 e. The molecule has 2 aromatic rings. The number of benzene rings is 1. The minimum Gasteiger partial charge on any atom is -0.493 e. The summed E-state index contributed by atoms with van der Waals surface area (Å²) in [5.41, 5.74) is 2.59. The maximum Gasteiger partial charge on any atom is 0.246 e. The van der Waals surface area contributed by atoms with Crippen molar-refractivity contribution in [2.75, 3.05) is 39.7 Å². The van der Waals surface area contributed by atoms with Gasteiger partial charge in [-0.2, -0.15) is 0 Å². The Kier molecular flexibility index (Phi) is 7.70. The number of anilines is 1. The number of rotatable bonds is 8. The van der Waals surface area contributed by atoms with E-state index in [1.165, 1.54) is 6.08 Å². The van der Waals surface area contributed by atoms with Crippen molar-refractivity contribution in [1.29, 1.82) is 0 Å². The van der Waals surface area contributed by atoms with Gasteiger partial charge in [0.05, 0.1) is 20.3 Å². The molecule has 1 aliphatic heterocycles. The van der Waals surface area contributed by atoms with E-state index in [4.69, 9.17) is 9.47 Å². The lowest BCUT2D eigenvalue weighted by Crippen LogP contribution is -2.28. The molecule has 8 nitrogen and oxygen atoms in total. The van der Waals surface area contributed by atoms with E-state index in [0.717, 1.165) is 23.1 Å². The van der Waals surface area contributed by atoms with Gasteiger partial charge in [0.25, 0.3) is 0 Å². The fourth-order valence-corrected chi connectivity index (χ4v) is 3.38. The molecule has 32 heavy (non-hydrogen) atoms. The zero-order valence-corrected chi connectivity index (χ0v) is 19.1. The van der Waals surface area contributed by atoms with E-state index in [1.54, 1.807) is 43.3 Å². The number of nitrogens with one attached hydrogen (secondary N) is 1. The molecule has 0 atom stereocenters. The summed E-state index contributed by atoms with van der Waals surface area (Å²) in [6, 6.07) is 7.61. The summed E-state index contributed by atoms with van der Waals surface area (Å²) < 4.78 is 11.3. The van der Waals surface area contributed by atoms with Gasteiger partial charge in [0.2, 0.25) is 11.8 Å². The van der Waals surface area contributed by atoms with Gasteiger partial charge in [-0.3, -0.25) is 9.59 Å². The molecule has 170 valence electrons. The number of ether oxygens (including phenoxy) is 2. The van der Waals surface area contributed by atoms with E-state index in [2.05, 4.69) is 10.3 Å². The summed E-state index contributed by atoms with van der Waals surface area (Å²) in [6.45, 7) is 3.70. The molecule has 0 aliphatic carbocycles. The highest BCUT2D eigenvalue weighted by atomic mass is 16.5. The normalized spacial score (nSPS) is 13.4. The molecule has 1 aliphatic rings. The second-order valence-corrected chi connectivity index (χ2v) is 7.70. The van der Waals surface area contributed by atoms with Gasteiger partial charge < -0.3 is 24.6 Å². The van der Waals surface area contributed by atoms with Crippen molar-refractivity contribution in [1.82, 2.24) is 14.8 Å². The van der Waals surface area contributed by atoms with Gasteiger partial charge in [-0.05, 0) is 30.2 Å². The van der Waals surface area contributed by atoms with Crippen LogP contribution in [0.15, 0.2) is 36.5 Å². The lowest BCUT2D eigenvalue weighted by Gasteiger charge is -2.19. The largest absolute Gasteiger partial charge is 0.493 e. The number of hydrogen-bond donors (Lipinski definition) is 1. The number of fused-ring (bicyclic) bond motifs is 1. The number of pyridine rings is 1. The molecule has 2 heterocycles. The van der Waals surface area contributed by atoms with E-state index >= 15 is 0 Å². The Morgan fingerprint density at radius 2 is 2.19 bits per heavy atom. The quantitative estimate of drug-likeness (QED) is 0.638. The van der Waals surface area contributed by atoms with E-state index in [1.807, 2.05) is 31.2 Å². The second kappa shape index (κ2) is 10.7. The summed E-state index contributed by atoms with van der Waals surface area (Å²) in [7, 11) is 5.11. The minimum absolute atomic E-state index is 0.0109. The fraction of sp³-hybridized carbons (Fsp3) is 0.375. The van der Waals surface area contributed by atoms with Crippen LogP contribution in [0.25, 0.3) is 6.08 Å². The number of para-hydroxylation sites is 1. The molecule has 1 aromatic carbocycles. The summed E-state index contributed by atoms with van der Waals surface area (Å²) >= 11 is 0. The predicted molar refractivity (Wildman–Crippen MR) is 123 cm³/mol. The molecule has 0 saturated carbocycles. The third-order valence-electron chi connectivity index (χ3n) is 5.16. The summed E-state index contributed by atoms with van der Waals surface area (Å²) in [5.74, 6) is 1.88. The van der Waals surface area contributed by atoms with E-state index in [9.17, 15) is 9.59 Å². The van der Waals surface area contributed by atoms with Crippen LogP contribution in [0.5, 0.6) is 11.5 Å². The highest BCUT2D eigenvalue weighted by molar-refractivity contribution is 5.91. The number of hydrogen-bond acceptors (Lipinski definition) is 6. The number of likely N-dealkylation sites (N-methyl/N-ethyl adjacent to an activating group) is 2. The number of methoxy groups -OCH3 is 1. The van der Waals surface area contributed by atoms with Crippen LogP contribution in [0, 0.1) is 0 Å². The van der Waals surface area contributed by atoms with Crippen molar-refractivity contribution in [2.24, 2.45) is 0 Å². The van der Waals surface area contributed by atoms with Gasteiger partial charge >= 0.3 is 0 Å². The Hall–Kier alpha value is -3.55. The average molecular weight is 439 g/mol. The molecular formula is C24H30N4O4. The average Bonchev–Trinajstić information content (AvgIpc) is 2.93. The summed E-state index contributed by atoms with van der Waals surface area (Å²) in [6.07, 6.45) is 5.82. The predicted octanol–water partition coefficient (Wildman–Crippen LogP) is 2.93. The number of nitrogens with zero attached hydrogens (tertiary/aromatic N) is 3. The Bertz CT molecular complexity index is 1010. The third-order valence-corrected chi connectivity index (χ3v) is 5.16. The van der Waals surface area contributed by atoms with Crippen molar-refractivity contribution in [3.8, 4) is 11.5 Å². The number of carbonyl (C=O) groups is 2. The van der Waals surface area contributed by atoms with Crippen LogP contribution < -0.4 is 14.8 Å². The van der Waals surface area contributed by atoms with Crippen LogP contribution >= 0.6 is 0 Å². The molecule has 8 heteroatoms. The first kappa shape index (κ1) is 23.1. The lowest BCUT2D eigenvalue weighted by molar-refractivity contribution is -0.128. The van der Waals surface area contributed by atoms with Crippen molar-refractivity contribution in [3.05, 3.63) is 53.2 Å². The van der Waals surface area contributed by atoms with Gasteiger partial charge in [-0.1, -0.05) is 19.1 Å². The van der Waals surface area contributed by atoms with Crippen LogP contribution in [0.2, 0.25) is 0 Å². The molecule has 1 aromatic heterocycles. The van der Waals surface area contributed by atoms with Crippen LogP contribution in [0.3, 0.4) is 0 Å². The molecule has 0 radical (unpaired) electrons. The molecular weight excluding hydrogens is 408 g/mol. The molecule has 0 fully saturated rings. The standard InChI is InChI=1S/C24H30N4O4/c1-5-11-32-23-18(7-6-8-20(23)31-4)15-27(2)21(29)10-9-17-12-19-16-28(3)22(30)14-26-24(19)25-13-17/h6-10,12-13H,5,11,14-16H2,1-4H3,(H,25,26). The van der Waals surface area contributed by atoms with Crippen molar-refractivity contribution in [2.45, 2.75) is 26.4 Å². The number of aromatic nitrogens is 1. The van der Waals surface area contributed by atoms with Gasteiger partial charge in [0.1, 0.15) is 5.82 Å². The molecule has 1 N–H and O–H groups in total. The third kappa shape index (κ3) is 5.57. The molecule has 0 saturated heterocycles. The zero-order valence-electron chi connectivity index (χ0n) is 19.1. The van der Waals surface area contributed by atoms with Crippen molar-refractivity contribution >= 4 is 23.7 Å². The van der Waals surface area contributed by atoms with Crippen LogP contribution in [-0.2, 0) is 22.7 Å². The number of carbonyl (C=O) groups excluding carboxylic acids is 2. The Morgan fingerprint density at radius 1 is 1.38 bits per heavy atom. The van der Waals surface area contributed by atoms with Gasteiger partial charge in [-0.15, -0.1) is 0 Å². The molecule has 0 spiro atoms. The SMILES string of the molecule is CCCOc1c(CN(C)C(=O)C=Cc2cnc3c(c2)CN(C)C(=O)CN3)cccc1OC. The highest BCUT2D eigenvalue weighted by Gasteiger charge is 2.18. The van der Waals surface area contributed by atoms with Crippen LogP contribution in [0.1, 0.15) is 30.0 Å². The topological polar surface area (TPSA) is 84.0 Å². The first-order valence-corrected chi connectivity index (χ1v) is 10.6. The van der Waals surface area contributed by atoms with E-state index < -0.39 is 0 Å². The molecule has 3 rings (SSSR count). The molecule has 0 unspecified atom stereocenters. The van der Waals surface area contributed by atoms with Crippen molar-refractivity contribution < 1.29 is 19.1 Å². The maximum absolute atomic E-state index is 12.7. The van der Waals surface area contributed by atoms with Crippen molar-refractivity contribution in [3.63, 3.8) is 0 Å². The second-order valence-electron chi connectivity index (χ2n) is 7.70. The summed E-state index contributed by atoms with van der Waals surface area (Å²) in [5, 5.41) is 3.05. The minimum atomic E-state index is -0.144. The van der Waals surface area contributed by atoms with E-state index in [0.29, 0.717) is 37.0 Å². The van der Waals surface area contributed by atoms with Gasteiger partial charge in [-0.25, -0.2) is 4.98 Å². The Balaban J connectivity index is 1.70. The zero-order chi connectivity index (χ0) is 23.1. The highest BCUT2D eigenvalue weighted by Crippen LogP contribution is 2.32. The van der Waals surface area contributed by atoms with Gasteiger partial charge in [0, 0.05) is 50.6 Å². The van der Waals surface area contributed by atoms with Crippen LogP contribution in [0.4, 0.5) is 5.82 Å². The monoisotopic (exact) mass is 438 g/mol. The lowest BCUT2D eigenvalue weighted by atomic mass is 10.1. The van der Waals surface area contributed by atoms with E-state index in [-0.39, 0.29) is 18.4 Å². The maximum atomic E-state index is 12.7. The Labute approximate surface area is 188 Å². The van der Waals surface area contributed by atoms with Crippen LogP contribution in [-0.4, -0.2) is 61.0 Å². The number of amides is 2. The summed E-state index contributed by atoms with van der Waals surface area (Å²) in [4.78, 5) is 32.3. The first-order valence-electron chi connectivity index (χ1n) is 10.6. The molecule has 2 amide bonds. The molecule has 0 bridgehead atoms. The Morgan fingerprint density at radius 3 is 2.94 bits per heavy atom. The fourth-order valence-electron chi connectivity index (χ4n) is 3.38. The van der Waals surface area contributed by atoms with Gasteiger partial charge in [0.15, 0.2) is 11.5 Å². The first-order chi connectivity index (χ1) is 15.4.